The van der Waals surface area contributed by atoms with E-state index in [2.05, 4.69) is 15.5 Å². The molecule has 0 saturated carbocycles. The summed E-state index contributed by atoms with van der Waals surface area (Å²) >= 11 is 0. The van der Waals surface area contributed by atoms with E-state index in [1.165, 1.54) is 0 Å². The van der Waals surface area contributed by atoms with E-state index < -0.39 is 0 Å². The summed E-state index contributed by atoms with van der Waals surface area (Å²) in [5.41, 5.74) is 1.27. The molecule has 1 aromatic rings. The van der Waals surface area contributed by atoms with Crippen molar-refractivity contribution in [1.29, 1.82) is 0 Å². The average molecular weight is 199 g/mol. The molecule has 0 aliphatic carbocycles. The molecule has 0 aliphatic rings. The molecule has 1 aromatic heterocycles. The quantitative estimate of drug-likeness (QED) is 0.496. The van der Waals surface area contributed by atoms with Crippen molar-refractivity contribution in [2.75, 3.05) is 13.2 Å². The Morgan fingerprint density at radius 3 is 2.86 bits per heavy atom. The molecule has 1 heterocycles. The highest BCUT2D eigenvalue weighted by Gasteiger charge is 2.16. The van der Waals surface area contributed by atoms with Crippen LogP contribution in [0.25, 0.3) is 0 Å². The largest absolute Gasteiger partial charge is 0.395 e. The van der Waals surface area contributed by atoms with Crippen molar-refractivity contribution < 1.29 is 15.0 Å². The first-order valence-corrected chi connectivity index (χ1v) is 4.24. The number of aliphatic hydroxyl groups excluding tert-OH is 2. The standard InChI is InChI=1S/C8H13N3O3/c1-5-7(6(4-13)11-10-5)8(14)9-2-3-12/h12-13H,2-4H2,1H3,(H,9,14)(H,10,11). The zero-order valence-corrected chi connectivity index (χ0v) is 7.87. The Morgan fingerprint density at radius 2 is 2.29 bits per heavy atom. The number of hydrogen-bond donors (Lipinski definition) is 4. The molecule has 1 rings (SSSR count). The van der Waals surface area contributed by atoms with Gasteiger partial charge in [0.2, 0.25) is 0 Å². The Kier molecular flexibility index (Phi) is 3.61. The predicted octanol–water partition coefficient (Wildman–Crippen LogP) is -1.07. The van der Waals surface area contributed by atoms with Gasteiger partial charge in [-0.05, 0) is 6.92 Å². The third-order valence-electron chi connectivity index (χ3n) is 1.80. The molecule has 0 radical (unpaired) electrons. The molecule has 0 saturated heterocycles. The molecule has 0 atom stereocenters. The molecular formula is C8H13N3O3. The number of aryl methyl sites for hydroxylation is 1. The number of aromatic amines is 1. The van der Waals surface area contributed by atoms with Crippen LogP contribution in [0.5, 0.6) is 0 Å². The van der Waals surface area contributed by atoms with E-state index in [4.69, 9.17) is 10.2 Å². The van der Waals surface area contributed by atoms with E-state index in [1.807, 2.05) is 0 Å². The maximum Gasteiger partial charge on any atom is 0.255 e. The summed E-state index contributed by atoms with van der Waals surface area (Å²) in [6.45, 7) is 1.48. The van der Waals surface area contributed by atoms with Crippen molar-refractivity contribution in [3.05, 3.63) is 17.0 Å². The van der Waals surface area contributed by atoms with E-state index in [0.29, 0.717) is 17.0 Å². The Labute approximate surface area is 81.0 Å². The van der Waals surface area contributed by atoms with Gasteiger partial charge >= 0.3 is 0 Å². The average Bonchev–Trinajstić information content (AvgIpc) is 2.56. The summed E-state index contributed by atoms with van der Waals surface area (Å²) in [4.78, 5) is 11.5. The van der Waals surface area contributed by atoms with E-state index in [-0.39, 0.29) is 25.7 Å². The lowest BCUT2D eigenvalue weighted by Crippen LogP contribution is -2.27. The van der Waals surface area contributed by atoms with Gasteiger partial charge in [-0.1, -0.05) is 0 Å². The second-order valence-electron chi connectivity index (χ2n) is 2.81. The molecule has 6 heteroatoms. The van der Waals surface area contributed by atoms with Crippen LogP contribution in [0.2, 0.25) is 0 Å². The van der Waals surface area contributed by atoms with Crippen LogP contribution in [0.3, 0.4) is 0 Å². The summed E-state index contributed by atoms with van der Waals surface area (Å²) in [7, 11) is 0. The molecule has 6 nitrogen and oxygen atoms in total. The second kappa shape index (κ2) is 4.73. The molecule has 0 bridgehead atoms. The Balaban J connectivity index is 2.82. The number of nitrogens with one attached hydrogen (secondary N) is 2. The highest BCUT2D eigenvalue weighted by molar-refractivity contribution is 5.96. The number of aromatic nitrogens is 2. The van der Waals surface area contributed by atoms with Gasteiger partial charge < -0.3 is 15.5 Å². The molecule has 0 aliphatic heterocycles. The number of amides is 1. The van der Waals surface area contributed by atoms with Gasteiger partial charge in [-0.15, -0.1) is 0 Å². The monoisotopic (exact) mass is 199 g/mol. The molecule has 78 valence electrons. The zero-order chi connectivity index (χ0) is 10.6. The molecule has 0 spiro atoms. The van der Waals surface area contributed by atoms with Crippen LogP contribution in [0.1, 0.15) is 21.7 Å². The maximum atomic E-state index is 11.5. The van der Waals surface area contributed by atoms with Gasteiger partial charge in [0.15, 0.2) is 0 Å². The molecule has 0 fully saturated rings. The fourth-order valence-electron chi connectivity index (χ4n) is 1.15. The SMILES string of the molecule is Cc1[nH]nc(CO)c1C(=O)NCCO. The van der Waals surface area contributed by atoms with E-state index in [1.54, 1.807) is 6.92 Å². The molecular weight excluding hydrogens is 186 g/mol. The highest BCUT2D eigenvalue weighted by Crippen LogP contribution is 2.09. The lowest BCUT2D eigenvalue weighted by Gasteiger charge is -2.02. The lowest BCUT2D eigenvalue weighted by molar-refractivity contribution is 0.0941. The molecule has 4 N–H and O–H groups in total. The van der Waals surface area contributed by atoms with Crippen molar-refractivity contribution >= 4 is 5.91 Å². The first kappa shape index (κ1) is 10.7. The number of aliphatic hydroxyl groups is 2. The predicted molar refractivity (Wildman–Crippen MR) is 48.7 cm³/mol. The van der Waals surface area contributed by atoms with Crippen LogP contribution in [-0.2, 0) is 6.61 Å². The first-order chi connectivity index (χ1) is 6.70. The summed E-state index contributed by atoms with van der Waals surface area (Å²) < 4.78 is 0. The Morgan fingerprint density at radius 1 is 1.57 bits per heavy atom. The van der Waals surface area contributed by atoms with E-state index >= 15 is 0 Å². The fourth-order valence-corrected chi connectivity index (χ4v) is 1.15. The van der Waals surface area contributed by atoms with E-state index in [9.17, 15) is 4.79 Å². The van der Waals surface area contributed by atoms with Crippen LogP contribution >= 0.6 is 0 Å². The minimum absolute atomic E-state index is 0.114. The van der Waals surface area contributed by atoms with Crippen molar-refractivity contribution in [2.24, 2.45) is 0 Å². The normalized spacial score (nSPS) is 10.2. The van der Waals surface area contributed by atoms with Crippen molar-refractivity contribution in [2.45, 2.75) is 13.5 Å². The van der Waals surface area contributed by atoms with Crippen molar-refractivity contribution in [3.63, 3.8) is 0 Å². The van der Waals surface area contributed by atoms with Crippen molar-refractivity contribution in [1.82, 2.24) is 15.5 Å². The minimum Gasteiger partial charge on any atom is -0.395 e. The number of rotatable bonds is 4. The smallest absolute Gasteiger partial charge is 0.255 e. The first-order valence-electron chi connectivity index (χ1n) is 4.24. The molecule has 14 heavy (non-hydrogen) atoms. The third-order valence-corrected chi connectivity index (χ3v) is 1.80. The van der Waals surface area contributed by atoms with Crippen LogP contribution in [0.15, 0.2) is 0 Å². The highest BCUT2D eigenvalue weighted by atomic mass is 16.3. The summed E-state index contributed by atoms with van der Waals surface area (Å²) in [5, 5.41) is 26.3. The number of carbonyl (C=O) groups is 1. The molecule has 0 aromatic carbocycles. The maximum absolute atomic E-state index is 11.5. The van der Waals surface area contributed by atoms with Gasteiger partial charge in [-0.25, -0.2) is 0 Å². The van der Waals surface area contributed by atoms with Crippen molar-refractivity contribution in [3.8, 4) is 0 Å². The Hall–Kier alpha value is -1.40. The van der Waals surface area contributed by atoms with Gasteiger partial charge in [0, 0.05) is 12.2 Å². The number of H-pyrrole nitrogens is 1. The lowest BCUT2D eigenvalue weighted by atomic mass is 10.2. The van der Waals surface area contributed by atoms with Gasteiger partial charge in [-0.3, -0.25) is 9.89 Å². The summed E-state index contributed by atoms with van der Waals surface area (Å²) in [6.07, 6.45) is 0. The van der Waals surface area contributed by atoms with Crippen LogP contribution in [-0.4, -0.2) is 39.5 Å². The van der Waals surface area contributed by atoms with Gasteiger partial charge in [-0.2, -0.15) is 5.10 Å². The topological polar surface area (TPSA) is 98.2 Å². The zero-order valence-electron chi connectivity index (χ0n) is 7.87. The number of hydrogen-bond acceptors (Lipinski definition) is 4. The third kappa shape index (κ3) is 2.09. The summed E-state index contributed by atoms with van der Waals surface area (Å²) in [6, 6.07) is 0. The molecule has 0 unspecified atom stereocenters. The fraction of sp³-hybridized carbons (Fsp3) is 0.500. The van der Waals surface area contributed by atoms with Crippen LogP contribution < -0.4 is 5.32 Å². The minimum atomic E-state index is -0.339. The number of nitrogens with zero attached hydrogens (tertiary/aromatic N) is 1. The summed E-state index contributed by atoms with van der Waals surface area (Å²) in [5.74, 6) is -0.339. The second-order valence-corrected chi connectivity index (χ2v) is 2.81. The van der Waals surface area contributed by atoms with E-state index in [0.717, 1.165) is 0 Å². The number of carbonyl (C=O) groups excluding carboxylic acids is 1. The van der Waals surface area contributed by atoms with Gasteiger partial charge in [0.25, 0.3) is 5.91 Å². The van der Waals surface area contributed by atoms with Crippen LogP contribution in [0, 0.1) is 6.92 Å². The van der Waals surface area contributed by atoms with Gasteiger partial charge in [0.05, 0.1) is 18.8 Å². The van der Waals surface area contributed by atoms with Gasteiger partial charge in [0.1, 0.15) is 5.69 Å². The Bertz CT molecular complexity index is 322. The molecule has 1 amide bonds. The van der Waals surface area contributed by atoms with Crippen LogP contribution in [0.4, 0.5) is 0 Å².